The predicted molar refractivity (Wildman–Crippen MR) is 423 cm³/mol. The van der Waals surface area contributed by atoms with E-state index >= 15 is 0 Å². The van der Waals surface area contributed by atoms with Crippen LogP contribution in [0.4, 0.5) is 70.2 Å². The largest absolute Gasteiger partial charge is 0.573 e. The summed E-state index contributed by atoms with van der Waals surface area (Å²) < 4.78 is 244. The molecule has 21 heteroatoms. The van der Waals surface area contributed by atoms with Crippen molar-refractivity contribution in [2.45, 2.75) is 111 Å². The smallest absolute Gasteiger partial charge is 0.403 e. The lowest BCUT2D eigenvalue weighted by Gasteiger charge is -2.29. The quantitative estimate of drug-likeness (QED) is 0.0310. The molecule has 12 aromatic rings. The molecule has 2 saturated heterocycles. The summed E-state index contributed by atoms with van der Waals surface area (Å²) in [5.74, 6) is -17.1. The zero-order valence-electron chi connectivity index (χ0n) is 64.3. The highest BCUT2D eigenvalue weighted by molar-refractivity contribution is 5.76. The van der Waals surface area contributed by atoms with Gasteiger partial charge >= 0.3 is 6.36 Å². The van der Waals surface area contributed by atoms with Crippen LogP contribution in [0.1, 0.15) is 113 Å². The van der Waals surface area contributed by atoms with E-state index in [9.17, 15) is 70.2 Å². The number of ether oxygens (including phenoxy) is 5. The number of benzene rings is 12. The standard InChI is InChI=1S/C25H21F5O2.C24H21F5O.C24H24F2.C23H16F4O2/c1-2-3-14-12-31-25(32-13-14)16-6-4-15(5-7-16)17-8-19(26)23(20(27)9-17)18-10-21(28)24(30)22(29)11-18;1-2-3-4-5-16-6-8-17(9-7-16)18-10-12-19(13-11-18)20-14-15-21(23(26)22(20)25)30-24(27,28)29;1-3-5-17-7-9-18(10-8-17)19-11-13-20(14-12-19)22-16-15-21(6-4-2)23(25)24(22)26;1-13-11-28-23(29-12-13)15-4-2-14(3-5-15)16-6-7-18(19(24)8-16)17-9-20(25)22(27)21(26)10-17/h4-11,14,25H,2-3,12-13H2,1H3;6-15H,2-5H2,1H3;7-16H,3-6H2,1-2H3;2-10,23H,1,11-12H2. The van der Waals surface area contributed by atoms with E-state index in [4.69, 9.17) is 18.9 Å². The van der Waals surface area contributed by atoms with Gasteiger partial charge in [-0.25, -0.2) is 52.7 Å². The second-order valence-electron chi connectivity index (χ2n) is 28.3. The summed E-state index contributed by atoms with van der Waals surface area (Å²) in [7, 11) is 0. The number of hydrogen-bond acceptors (Lipinski definition) is 5. The van der Waals surface area contributed by atoms with Crippen molar-refractivity contribution in [3.05, 3.63) is 340 Å². The lowest BCUT2D eigenvalue weighted by atomic mass is 9.97. The van der Waals surface area contributed by atoms with Gasteiger partial charge in [-0.1, -0.05) is 236 Å². The maximum atomic E-state index is 14.7. The van der Waals surface area contributed by atoms with Crippen LogP contribution >= 0.6 is 0 Å². The molecule has 0 radical (unpaired) electrons. The van der Waals surface area contributed by atoms with Crippen LogP contribution in [0, 0.1) is 81.5 Å². The molecule has 608 valence electrons. The summed E-state index contributed by atoms with van der Waals surface area (Å²) >= 11 is 0. The molecule has 0 aromatic heterocycles. The van der Waals surface area contributed by atoms with Gasteiger partial charge in [0, 0.05) is 33.7 Å². The van der Waals surface area contributed by atoms with E-state index in [1.807, 2.05) is 55.5 Å². The highest BCUT2D eigenvalue weighted by atomic mass is 19.4. The molecule has 0 saturated carbocycles. The molecule has 0 atom stereocenters. The Morgan fingerprint density at radius 2 is 0.709 bits per heavy atom. The molecule has 0 spiro atoms. The van der Waals surface area contributed by atoms with Gasteiger partial charge in [0.2, 0.25) is 5.82 Å². The first-order valence-corrected chi connectivity index (χ1v) is 38.2. The molecule has 14 rings (SSSR count). The SMILES string of the molecule is C=C1COC(c2ccc(-c3ccc(-c4cc(F)c(F)c(F)c4)c(F)c3)cc2)OC1.CCCC1COC(c2ccc(-c3cc(F)c(-c4cc(F)c(F)c(F)c4)c(F)c3)cc2)OC1.CCCCCc1ccc(-c2ccc(-c3ccc(OC(F)(F)F)c(F)c3F)cc2)cc1.CCCc1ccc(-c2ccc(-c3ccc(CCC)c(F)c3F)cc2)cc1. The highest BCUT2D eigenvalue weighted by Crippen LogP contribution is 2.39. The lowest BCUT2D eigenvalue weighted by Crippen LogP contribution is -2.26. The lowest BCUT2D eigenvalue weighted by molar-refractivity contribution is -0.275. The maximum absolute atomic E-state index is 14.7. The van der Waals surface area contributed by atoms with Gasteiger partial charge in [-0.2, -0.15) is 4.39 Å². The van der Waals surface area contributed by atoms with Crippen LogP contribution < -0.4 is 4.74 Å². The van der Waals surface area contributed by atoms with Gasteiger partial charge in [0.25, 0.3) is 0 Å². The molecule has 0 bridgehead atoms. The Morgan fingerprint density at radius 3 is 1.17 bits per heavy atom. The van der Waals surface area contributed by atoms with E-state index in [0.29, 0.717) is 84.3 Å². The average molecular weight is 1620 g/mol. The van der Waals surface area contributed by atoms with Crippen LogP contribution in [0.2, 0.25) is 0 Å². The van der Waals surface area contributed by atoms with Crippen molar-refractivity contribution in [2.24, 2.45) is 5.92 Å². The molecule has 2 heterocycles. The minimum Gasteiger partial charge on any atom is -0.403 e. The van der Waals surface area contributed by atoms with Crippen LogP contribution in [0.25, 0.3) is 89.0 Å². The monoisotopic (exact) mass is 1620 g/mol. The number of unbranched alkanes of at least 4 members (excludes halogenated alkanes) is 2. The van der Waals surface area contributed by atoms with Crippen molar-refractivity contribution in [2.75, 3.05) is 26.4 Å². The summed E-state index contributed by atoms with van der Waals surface area (Å²) in [6.45, 7) is 14.3. The normalized spacial score (nSPS) is 14.2. The Balaban J connectivity index is 0.000000154. The Hall–Kier alpha value is -11.1. The predicted octanol–water partition coefficient (Wildman–Crippen LogP) is 28.5. The number of alkyl halides is 3. The van der Waals surface area contributed by atoms with Crippen molar-refractivity contribution >= 4 is 0 Å². The zero-order valence-corrected chi connectivity index (χ0v) is 64.3. The molecule has 2 fully saturated rings. The first-order valence-electron chi connectivity index (χ1n) is 38.2. The van der Waals surface area contributed by atoms with Crippen LogP contribution in [0.5, 0.6) is 5.75 Å². The summed E-state index contributed by atoms with van der Waals surface area (Å²) in [4.78, 5) is 0. The molecule has 0 aliphatic carbocycles. The van der Waals surface area contributed by atoms with Crippen molar-refractivity contribution in [1.82, 2.24) is 0 Å². The van der Waals surface area contributed by atoms with Crippen LogP contribution in [-0.2, 0) is 38.2 Å². The summed E-state index contributed by atoms with van der Waals surface area (Å²) in [6.07, 6.45) is 4.16. The van der Waals surface area contributed by atoms with Gasteiger partial charge < -0.3 is 23.7 Å². The third-order valence-corrected chi connectivity index (χ3v) is 19.7. The van der Waals surface area contributed by atoms with Crippen LogP contribution in [0.15, 0.2) is 237 Å². The van der Waals surface area contributed by atoms with E-state index in [1.165, 1.54) is 36.1 Å². The molecule has 0 amide bonds. The number of rotatable bonds is 21. The number of halogens is 16. The fraction of sp³-hybridized carbons (Fsp3) is 0.229. The second-order valence-corrected chi connectivity index (χ2v) is 28.3. The van der Waals surface area contributed by atoms with E-state index in [-0.39, 0.29) is 22.3 Å². The topological polar surface area (TPSA) is 46.2 Å². The Bertz CT molecular complexity index is 5280. The van der Waals surface area contributed by atoms with Gasteiger partial charge in [-0.05, 0) is 176 Å². The zero-order chi connectivity index (χ0) is 83.6. The average Bonchev–Trinajstić information content (AvgIpc) is 0.795. The molecule has 2 aliphatic rings. The molecular formula is C96H82F16O5. The van der Waals surface area contributed by atoms with Crippen molar-refractivity contribution in [3.63, 3.8) is 0 Å². The Morgan fingerprint density at radius 1 is 0.325 bits per heavy atom. The van der Waals surface area contributed by atoms with Crippen molar-refractivity contribution in [3.8, 4) is 94.8 Å². The third-order valence-electron chi connectivity index (χ3n) is 19.7. The molecule has 5 nitrogen and oxygen atoms in total. The number of aryl methyl sites for hydroxylation is 3. The van der Waals surface area contributed by atoms with E-state index < -0.39 is 111 Å². The Labute approximate surface area is 668 Å². The second kappa shape index (κ2) is 40.2. The van der Waals surface area contributed by atoms with Crippen LogP contribution in [0.3, 0.4) is 0 Å². The fourth-order valence-electron chi connectivity index (χ4n) is 13.5. The molecule has 12 aromatic carbocycles. The maximum Gasteiger partial charge on any atom is 0.573 e. The number of hydrogen-bond donors (Lipinski definition) is 0. The first-order chi connectivity index (χ1) is 56.2. The highest BCUT2D eigenvalue weighted by Gasteiger charge is 2.34. The van der Waals surface area contributed by atoms with Gasteiger partial charge in [-0.3, -0.25) is 0 Å². The van der Waals surface area contributed by atoms with Crippen LogP contribution in [-0.4, -0.2) is 32.8 Å². The summed E-state index contributed by atoms with van der Waals surface area (Å²) in [5, 5.41) is 0. The molecule has 117 heavy (non-hydrogen) atoms. The molecular weight excluding hydrogens is 1540 g/mol. The molecule has 0 N–H and O–H groups in total. The summed E-state index contributed by atoms with van der Waals surface area (Å²) in [6, 6.07) is 59.5. The van der Waals surface area contributed by atoms with Gasteiger partial charge in [0.05, 0.1) is 32.0 Å². The van der Waals surface area contributed by atoms with Crippen molar-refractivity contribution in [1.29, 1.82) is 0 Å². The first kappa shape index (κ1) is 86.8. The molecule has 0 unspecified atom stereocenters. The third kappa shape index (κ3) is 22.4. The van der Waals surface area contributed by atoms with Gasteiger partial charge in [0.15, 0.2) is 70.7 Å². The van der Waals surface area contributed by atoms with Gasteiger partial charge in [-0.15, -0.1) is 13.2 Å². The van der Waals surface area contributed by atoms with E-state index in [1.54, 1.807) is 78.9 Å². The van der Waals surface area contributed by atoms with E-state index in [0.717, 1.165) is 126 Å². The van der Waals surface area contributed by atoms with Gasteiger partial charge in [0.1, 0.15) is 17.5 Å². The summed E-state index contributed by atoms with van der Waals surface area (Å²) in [5.41, 5.74) is 11.8. The molecule has 2 aliphatic heterocycles. The van der Waals surface area contributed by atoms with E-state index in [2.05, 4.69) is 68.5 Å². The Kier molecular flexibility index (Phi) is 29.8. The fourth-order valence-corrected chi connectivity index (χ4v) is 13.5. The minimum absolute atomic E-state index is 0.0209. The van der Waals surface area contributed by atoms with Crippen molar-refractivity contribution < 1.29 is 93.9 Å². The minimum atomic E-state index is -5.10.